The number of nitro groups is 1. The molecular weight excluding hydrogens is 260 g/mol. The third kappa shape index (κ3) is 2.99. The Morgan fingerprint density at radius 3 is 2.65 bits per heavy atom. The predicted molar refractivity (Wildman–Crippen MR) is 73.4 cm³/mol. The van der Waals surface area contributed by atoms with Crippen LogP contribution in [0.2, 0.25) is 0 Å². The van der Waals surface area contributed by atoms with Crippen molar-refractivity contribution in [3.8, 4) is 0 Å². The Morgan fingerprint density at radius 1 is 1.20 bits per heavy atom. The number of anilines is 1. The van der Waals surface area contributed by atoms with E-state index >= 15 is 0 Å². The normalized spacial score (nSPS) is 10.1. The van der Waals surface area contributed by atoms with Crippen molar-refractivity contribution in [1.29, 1.82) is 0 Å². The lowest BCUT2D eigenvalue weighted by Gasteiger charge is -2.07. The van der Waals surface area contributed by atoms with Gasteiger partial charge in [-0.25, -0.2) is 0 Å². The molecule has 6 nitrogen and oxygen atoms in total. The van der Waals surface area contributed by atoms with E-state index in [1.807, 2.05) is 0 Å². The van der Waals surface area contributed by atoms with Gasteiger partial charge in [0.15, 0.2) is 0 Å². The highest BCUT2D eigenvalue weighted by Gasteiger charge is 2.19. The van der Waals surface area contributed by atoms with Crippen molar-refractivity contribution in [3.63, 3.8) is 0 Å². The van der Waals surface area contributed by atoms with Crippen LogP contribution in [0.25, 0.3) is 0 Å². The lowest BCUT2D eigenvalue weighted by molar-refractivity contribution is -0.385. The Morgan fingerprint density at radius 2 is 1.95 bits per heavy atom. The molecule has 0 saturated carbocycles. The summed E-state index contributed by atoms with van der Waals surface area (Å²) in [5, 5.41) is 22.5. The minimum atomic E-state index is -0.598. The Labute approximate surface area is 114 Å². The zero-order chi connectivity index (χ0) is 14.5. The molecule has 0 heterocycles. The van der Waals surface area contributed by atoms with Crippen molar-refractivity contribution in [2.24, 2.45) is 0 Å². The standard InChI is InChI=1S/C14H12N2O4/c17-9-10-4-3-5-11(8-10)15-14(18)12-6-1-2-7-13(12)16(19)20/h1-8,17H,9H2,(H,15,18). The van der Waals surface area contributed by atoms with Crippen molar-refractivity contribution < 1.29 is 14.8 Å². The maximum absolute atomic E-state index is 12.1. The first kappa shape index (κ1) is 13.7. The second-order valence-corrected chi connectivity index (χ2v) is 4.09. The smallest absolute Gasteiger partial charge is 0.282 e. The van der Waals surface area contributed by atoms with Crippen molar-refractivity contribution in [2.75, 3.05) is 5.32 Å². The fraction of sp³-hybridized carbons (Fsp3) is 0.0714. The molecule has 102 valence electrons. The molecule has 0 aromatic heterocycles. The number of carbonyl (C=O) groups excluding carboxylic acids is 1. The van der Waals surface area contributed by atoms with E-state index in [0.717, 1.165) is 0 Å². The summed E-state index contributed by atoms with van der Waals surface area (Å²) >= 11 is 0. The Bertz CT molecular complexity index is 655. The van der Waals surface area contributed by atoms with E-state index in [2.05, 4.69) is 5.32 Å². The second-order valence-electron chi connectivity index (χ2n) is 4.09. The summed E-state index contributed by atoms with van der Waals surface area (Å²) in [5.41, 5.74) is 0.861. The molecule has 0 saturated heterocycles. The molecule has 2 aromatic rings. The molecule has 0 unspecified atom stereocenters. The minimum absolute atomic E-state index is 0.00750. The van der Waals surface area contributed by atoms with Crippen LogP contribution in [0.15, 0.2) is 48.5 Å². The van der Waals surface area contributed by atoms with E-state index in [1.165, 1.54) is 18.2 Å². The largest absolute Gasteiger partial charge is 0.392 e. The number of aliphatic hydroxyl groups excluding tert-OH is 1. The molecule has 2 rings (SSSR count). The SMILES string of the molecule is O=C(Nc1cccc(CO)c1)c1ccccc1[N+](=O)[O-]. The van der Waals surface area contributed by atoms with Gasteiger partial charge in [-0.3, -0.25) is 14.9 Å². The number of nitrogens with one attached hydrogen (secondary N) is 1. The number of nitro benzene ring substituents is 1. The molecule has 0 radical (unpaired) electrons. The maximum atomic E-state index is 12.1. The van der Waals surface area contributed by atoms with Gasteiger partial charge >= 0.3 is 0 Å². The van der Waals surface area contributed by atoms with E-state index < -0.39 is 10.8 Å². The number of benzene rings is 2. The third-order valence-corrected chi connectivity index (χ3v) is 2.71. The van der Waals surface area contributed by atoms with E-state index in [4.69, 9.17) is 5.11 Å². The van der Waals surface area contributed by atoms with Crippen LogP contribution in [0.3, 0.4) is 0 Å². The number of carbonyl (C=O) groups is 1. The highest BCUT2D eigenvalue weighted by molar-refractivity contribution is 6.07. The lowest BCUT2D eigenvalue weighted by Crippen LogP contribution is -2.14. The van der Waals surface area contributed by atoms with Gasteiger partial charge in [-0.05, 0) is 23.8 Å². The van der Waals surface area contributed by atoms with Crippen LogP contribution in [0.1, 0.15) is 15.9 Å². The first-order chi connectivity index (χ1) is 9.61. The van der Waals surface area contributed by atoms with Crippen molar-refractivity contribution in [3.05, 3.63) is 69.8 Å². The van der Waals surface area contributed by atoms with Crippen LogP contribution in [0.4, 0.5) is 11.4 Å². The van der Waals surface area contributed by atoms with Gasteiger partial charge in [-0.1, -0.05) is 24.3 Å². The molecule has 1 amide bonds. The molecule has 0 fully saturated rings. The van der Waals surface area contributed by atoms with E-state index in [1.54, 1.807) is 30.3 Å². The zero-order valence-corrected chi connectivity index (χ0v) is 10.4. The van der Waals surface area contributed by atoms with Crippen LogP contribution in [-0.2, 0) is 6.61 Å². The van der Waals surface area contributed by atoms with Gasteiger partial charge in [0.05, 0.1) is 11.5 Å². The number of amides is 1. The molecule has 20 heavy (non-hydrogen) atoms. The molecule has 2 N–H and O–H groups in total. The number of rotatable bonds is 4. The minimum Gasteiger partial charge on any atom is -0.392 e. The molecule has 6 heteroatoms. The molecule has 0 atom stereocenters. The van der Waals surface area contributed by atoms with Crippen LogP contribution < -0.4 is 5.32 Å². The summed E-state index contributed by atoms with van der Waals surface area (Å²) in [5.74, 6) is -0.563. The number of aliphatic hydroxyl groups is 1. The average Bonchev–Trinajstić information content (AvgIpc) is 2.47. The van der Waals surface area contributed by atoms with Crippen LogP contribution in [0.5, 0.6) is 0 Å². The fourth-order valence-electron chi connectivity index (χ4n) is 1.77. The van der Waals surface area contributed by atoms with Crippen LogP contribution in [0, 0.1) is 10.1 Å². The predicted octanol–water partition coefficient (Wildman–Crippen LogP) is 2.34. The topological polar surface area (TPSA) is 92.5 Å². The monoisotopic (exact) mass is 272 g/mol. The van der Waals surface area contributed by atoms with Gasteiger partial charge in [0.25, 0.3) is 11.6 Å². The summed E-state index contributed by atoms with van der Waals surface area (Å²) in [6, 6.07) is 12.4. The summed E-state index contributed by atoms with van der Waals surface area (Å²) in [4.78, 5) is 22.3. The van der Waals surface area contributed by atoms with Gasteiger partial charge in [0, 0.05) is 11.8 Å². The number of hydrogen-bond donors (Lipinski definition) is 2. The highest BCUT2D eigenvalue weighted by Crippen LogP contribution is 2.19. The Hall–Kier alpha value is -2.73. The summed E-state index contributed by atoms with van der Waals surface area (Å²) in [6.45, 7) is -0.144. The van der Waals surface area contributed by atoms with Gasteiger partial charge in [0.2, 0.25) is 0 Å². The second kappa shape index (κ2) is 5.94. The average molecular weight is 272 g/mol. The number of para-hydroxylation sites is 1. The van der Waals surface area contributed by atoms with E-state index in [-0.39, 0.29) is 17.9 Å². The number of hydrogen-bond acceptors (Lipinski definition) is 4. The highest BCUT2D eigenvalue weighted by atomic mass is 16.6. The van der Waals surface area contributed by atoms with Crippen molar-refractivity contribution in [1.82, 2.24) is 0 Å². The van der Waals surface area contributed by atoms with Gasteiger partial charge in [0.1, 0.15) is 5.56 Å². The van der Waals surface area contributed by atoms with E-state index in [0.29, 0.717) is 11.3 Å². The molecule has 0 aliphatic rings. The molecule has 0 aliphatic carbocycles. The van der Waals surface area contributed by atoms with E-state index in [9.17, 15) is 14.9 Å². The quantitative estimate of drug-likeness (QED) is 0.660. The van der Waals surface area contributed by atoms with Crippen molar-refractivity contribution in [2.45, 2.75) is 6.61 Å². The first-order valence-electron chi connectivity index (χ1n) is 5.86. The molecular formula is C14H12N2O4. The van der Waals surface area contributed by atoms with Gasteiger partial charge < -0.3 is 10.4 Å². The fourth-order valence-corrected chi connectivity index (χ4v) is 1.77. The number of nitrogens with zero attached hydrogens (tertiary/aromatic N) is 1. The molecule has 0 spiro atoms. The van der Waals surface area contributed by atoms with Crippen molar-refractivity contribution >= 4 is 17.3 Å². The molecule has 2 aromatic carbocycles. The first-order valence-corrected chi connectivity index (χ1v) is 5.86. The summed E-state index contributed by atoms with van der Waals surface area (Å²) < 4.78 is 0. The maximum Gasteiger partial charge on any atom is 0.282 e. The van der Waals surface area contributed by atoms with Gasteiger partial charge in [-0.15, -0.1) is 0 Å². The lowest BCUT2D eigenvalue weighted by atomic mass is 10.1. The Kier molecular flexibility index (Phi) is 4.07. The molecule has 0 aliphatic heterocycles. The third-order valence-electron chi connectivity index (χ3n) is 2.71. The summed E-state index contributed by atoms with van der Waals surface area (Å²) in [7, 11) is 0. The molecule has 0 bridgehead atoms. The zero-order valence-electron chi connectivity index (χ0n) is 10.4. The van der Waals surface area contributed by atoms with Crippen LogP contribution >= 0.6 is 0 Å². The summed E-state index contributed by atoms with van der Waals surface area (Å²) in [6.07, 6.45) is 0. The van der Waals surface area contributed by atoms with Crippen LogP contribution in [-0.4, -0.2) is 15.9 Å². The Balaban J connectivity index is 2.26. The van der Waals surface area contributed by atoms with Gasteiger partial charge in [-0.2, -0.15) is 0 Å².